The molecule has 0 N–H and O–H groups in total. The average Bonchev–Trinajstić information content (AvgIpc) is 1.96. The van der Waals surface area contributed by atoms with Crippen molar-refractivity contribution in [2.75, 3.05) is 18.8 Å². The maximum absolute atomic E-state index is 3.57. The van der Waals surface area contributed by atoms with Gasteiger partial charge in [-0.25, -0.2) is 0 Å². The number of hydrogen-bond acceptors (Lipinski definition) is 0. The number of hydrogen-bond donors (Lipinski definition) is 0. The second kappa shape index (κ2) is 3.61. The van der Waals surface area contributed by atoms with Crippen LogP contribution in [0.2, 0.25) is 0 Å². The Labute approximate surface area is 82.5 Å². The standard InChI is InChI=1S/C12H18S/c1-10-7-6-8-12(11(10)2)9-13(3,4)5/h6-8H,1-5H3. The fourth-order valence-corrected chi connectivity index (χ4v) is 2.07. The number of benzene rings is 1. The quantitative estimate of drug-likeness (QED) is 0.594. The van der Waals surface area contributed by atoms with E-state index in [9.17, 15) is 0 Å². The van der Waals surface area contributed by atoms with E-state index in [0.717, 1.165) is 0 Å². The molecule has 1 aromatic rings. The maximum Gasteiger partial charge on any atom is 0.0249 e. The molecule has 0 atom stereocenters. The maximum atomic E-state index is 3.57. The largest absolute Gasteiger partial charge is 0.193 e. The predicted molar refractivity (Wildman–Crippen MR) is 64.3 cm³/mol. The van der Waals surface area contributed by atoms with E-state index in [1.165, 1.54) is 16.7 Å². The third-order valence-corrected chi connectivity index (χ3v) is 2.85. The molecule has 1 heteroatoms. The highest BCUT2D eigenvalue weighted by molar-refractivity contribution is 8.22. The van der Waals surface area contributed by atoms with Gasteiger partial charge in [0.05, 0.1) is 0 Å². The van der Waals surface area contributed by atoms with Gasteiger partial charge in [-0.1, -0.05) is 17.3 Å². The monoisotopic (exact) mass is 194 g/mol. The molecule has 1 aromatic carbocycles. The molecule has 0 nitrogen and oxygen atoms in total. The summed E-state index contributed by atoms with van der Waals surface area (Å²) in [7, 11) is -0.666. The fraction of sp³-hybridized carbons (Fsp3) is 0.417. The topological polar surface area (TPSA) is 0 Å². The molecule has 0 spiro atoms. The highest BCUT2D eigenvalue weighted by Gasteiger charge is 1.97. The molecule has 0 saturated heterocycles. The van der Waals surface area contributed by atoms with Crippen LogP contribution >= 0.6 is 9.44 Å². The molecule has 0 radical (unpaired) electrons. The van der Waals surface area contributed by atoms with Crippen LogP contribution in [0.4, 0.5) is 0 Å². The van der Waals surface area contributed by atoms with Crippen molar-refractivity contribution in [2.45, 2.75) is 13.8 Å². The smallest absolute Gasteiger partial charge is 0.0249 e. The summed E-state index contributed by atoms with van der Waals surface area (Å²) >= 11 is 0. The van der Waals surface area contributed by atoms with E-state index in [2.05, 4.69) is 56.0 Å². The van der Waals surface area contributed by atoms with Crippen LogP contribution in [0.25, 0.3) is 0 Å². The second-order valence-electron chi connectivity index (χ2n) is 4.19. The van der Waals surface area contributed by atoms with Gasteiger partial charge in [0.25, 0.3) is 0 Å². The van der Waals surface area contributed by atoms with Gasteiger partial charge in [-0.05, 0) is 49.8 Å². The molecule has 0 heterocycles. The van der Waals surface area contributed by atoms with Gasteiger partial charge < -0.3 is 0 Å². The third-order valence-electron chi connectivity index (χ3n) is 2.02. The first kappa shape index (κ1) is 10.4. The van der Waals surface area contributed by atoms with Crippen molar-refractivity contribution in [1.82, 2.24) is 0 Å². The SMILES string of the molecule is Cc1cccc(C#S(C)(C)C)c1C. The molecule has 0 bridgehead atoms. The zero-order valence-corrected chi connectivity index (χ0v) is 9.96. The highest BCUT2D eigenvalue weighted by Crippen LogP contribution is 2.21. The lowest BCUT2D eigenvalue weighted by atomic mass is 10.1. The molecule has 0 fully saturated rings. The lowest BCUT2D eigenvalue weighted by Crippen LogP contribution is -1.87. The van der Waals surface area contributed by atoms with Crippen LogP contribution in [-0.2, 0) is 0 Å². The fourth-order valence-electron chi connectivity index (χ4n) is 1.19. The van der Waals surface area contributed by atoms with E-state index < -0.39 is 9.44 Å². The van der Waals surface area contributed by atoms with E-state index in [1.807, 2.05) is 0 Å². The minimum absolute atomic E-state index is 0.666. The Balaban J connectivity index is 3.36. The Morgan fingerprint density at radius 2 is 1.69 bits per heavy atom. The molecular weight excluding hydrogens is 176 g/mol. The van der Waals surface area contributed by atoms with E-state index >= 15 is 0 Å². The van der Waals surface area contributed by atoms with Crippen molar-refractivity contribution in [1.29, 1.82) is 0 Å². The molecule has 0 aliphatic carbocycles. The molecule has 0 aromatic heterocycles. The first-order valence-corrected chi connectivity index (χ1v) is 7.28. The van der Waals surface area contributed by atoms with Crippen molar-refractivity contribution in [3.63, 3.8) is 0 Å². The second-order valence-corrected chi connectivity index (χ2v) is 8.07. The first-order valence-electron chi connectivity index (χ1n) is 4.42. The van der Waals surface area contributed by atoms with Crippen molar-refractivity contribution < 1.29 is 0 Å². The summed E-state index contributed by atoms with van der Waals surface area (Å²) < 4.78 is 0. The van der Waals surface area contributed by atoms with Gasteiger partial charge >= 0.3 is 0 Å². The molecular formula is C12H18S. The molecule has 1 rings (SSSR count). The van der Waals surface area contributed by atoms with Crippen molar-refractivity contribution >= 4 is 9.44 Å². The van der Waals surface area contributed by atoms with Crippen molar-refractivity contribution in [2.24, 2.45) is 0 Å². The van der Waals surface area contributed by atoms with Crippen LogP contribution in [0.15, 0.2) is 18.2 Å². The minimum Gasteiger partial charge on any atom is -0.193 e. The van der Waals surface area contributed by atoms with Crippen molar-refractivity contribution in [3.8, 4) is 5.18 Å². The van der Waals surface area contributed by atoms with E-state index in [0.29, 0.717) is 0 Å². The normalized spacial score (nSPS) is 11.2. The van der Waals surface area contributed by atoms with Gasteiger partial charge in [0, 0.05) is 5.56 Å². The summed E-state index contributed by atoms with van der Waals surface area (Å²) in [5.41, 5.74) is 4.00. The van der Waals surface area contributed by atoms with Gasteiger partial charge in [0.15, 0.2) is 0 Å². The van der Waals surface area contributed by atoms with Crippen LogP contribution in [-0.4, -0.2) is 18.8 Å². The molecule has 0 unspecified atom stereocenters. The zero-order valence-electron chi connectivity index (χ0n) is 9.14. The molecule has 0 saturated carbocycles. The Morgan fingerprint density at radius 3 is 2.23 bits per heavy atom. The van der Waals surface area contributed by atoms with Crippen LogP contribution in [0.5, 0.6) is 0 Å². The number of rotatable bonds is 0. The van der Waals surface area contributed by atoms with E-state index in [-0.39, 0.29) is 0 Å². The summed E-state index contributed by atoms with van der Waals surface area (Å²) in [6.07, 6.45) is 6.78. The van der Waals surface area contributed by atoms with Crippen LogP contribution in [0, 0.1) is 19.0 Å². The predicted octanol–water partition coefficient (Wildman–Crippen LogP) is 3.30. The molecule has 0 amide bonds. The van der Waals surface area contributed by atoms with Gasteiger partial charge in [-0.3, -0.25) is 0 Å². The summed E-state index contributed by atoms with van der Waals surface area (Å²) in [6, 6.07) is 6.41. The highest BCUT2D eigenvalue weighted by atomic mass is 32.2. The summed E-state index contributed by atoms with van der Waals surface area (Å²) in [6.45, 7) is 4.32. The Bertz CT molecular complexity index is 408. The van der Waals surface area contributed by atoms with Gasteiger partial charge in [0.1, 0.15) is 0 Å². The van der Waals surface area contributed by atoms with Crippen LogP contribution < -0.4 is 0 Å². The number of aryl methyl sites for hydroxylation is 1. The minimum atomic E-state index is -0.666. The van der Waals surface area contributed by atoms with Gasteiger partial charge in [0.2, 0.25) is 0 Å². The van der Waals surface area contributed by atoms with Crippen LogP contribution in [0.3, 0.4) is 0 Å². The first-order chi connectivity index (χ1) is 5.90. The Morgan fingerprint density at radius 1 is 1.08 bits per heavy atom. The third kappa shape index (κ3) is 2.95. The average molecular weight is 194 g/mol. The molecule has 0 aliphatic heterocycles. The summed E-state index contributed by atoms with van der Waals surface area (Å²) in [4.78, 5) is 0. The summed E-state index contributed by atoms with van der Waals surface area (Å²) in [5, 5.41) is 3.57. The Hall–Kier alpha value is -0.650. The van der Waals surface area contributed by atoms with E-state index in [4.69, 9.17) is 0 Å². The Kier molecular flexibility index (Phi) is 2.90. The lowest BCUT2D eigenvalue weighted by molar-refractivity contribution is 1.32. The molecule has 13 heavy (non-hydrogen) atoms. The van der Waals surface area contributed by atoms with Crippen molar-refractivity contribution in [3.05, 3.63) is 34.9 Å². The molecule has 0 aliphatic rings. The van der Waals surface area contributed by atoms with Gasteiger partial charge in [-0.15, -0.1) is 0 Å². The van der Waals surface area contributed by atoms with Gasteiger partial charge in [-0.2, -0.15) is 9.44 Å². The van der Waals surface area contributed by atoms with E-state index in [1.54, 1.807) is 0 Å². The summed E-state index contributed by atoms with van der Waals surface area (Å²) in [5.74, 6) is 0. The molecule has 72 valence electrons. The lowest BCUT2D eigenvalue weighted by Gasteiger charge is -2.07. The zero-order chi connectivity index (χ0) is 10.1. The van der Waals surface area contributed by atoms with Crippen LogP contribution in [0.1, 0.15) is 16.7 Å².